The Morgan fingerprint density at radius 1 is 1.00 bits per heavy atom. The molecular weight excluding hydrogens is 404 g/mol. The zero-order valence-electron chi connectivity index (χ0n) is 18.5. The molecule has 0 saturated carbocycles. The minimum atomic E-state index is -0.899. The number of imide groups is 1. The van der Waals surface area contributed by atoms with Crippen LogP contribution in [0.25, 0.3) is 0 Å². The standard InChI is InChI=1S/C25H30N4O3/c1-2-32-22-12-6-5-11-21(22)28-16-14-27(15-17-28)18-29-23(30)25(26-24(29)31)13-7-9-19-8-3-4-10-20(19)25/h3-6,8,10-12H,2,7,9,13-18H2,1H3,(H,26,31)/t25-/m1/s1. The summed E-state index contributed by atoms with van der Waals surface area (Å²) in [5, 5.41) is 3.05. The highest BCUT2D eigenvalue weighted by Crippen LogP contribution is 2.40. The molecule has 0 unspecified atom stereocenters. The molecule has 7 nitrogen and oxygen atoms in total. The van der Waals surface area contributed by atoms with E-state index >= 15 is 0 Å². The monoisotopic (exact) mass is 434 g/mol. The lowest BCUT2D eigenvalue weighted by Gasteiger charge is -2.38. The van der Waals surface area contributed by atoms with Crippen LogP contribution in [0, 0.1) is 0 Å². The molecule has 1 aliphatic carbocycles. The molecule has 2 aromatic rings. The van der Waals surface area contributed by atoms with Gasteiger partial charge in [-0.05, 0) is 49.4 Å². The summed E-state index contributed by atoms with van der Waals surface area (Å²) in [7, 11) is 0. The first kappa shape index (κ1) is 20.8. The molecule has 32 heavy (non-hydrogen) atoms. The van der Waals surface area contributed by atoms with Gasteiger partial charge in [0.05, 0.1) is 19.0 Å². The molecule has 3 amide bonds. The van der Waals surface area contributed by atoms with Gasteiger partial charge in [-0.3, -0.25) is 9.69 Å². The van der Waals surface area contributed by atoms with Crippen molar-refractivity contribution in [3.05, 3.63) is 59.7 Å². The zero-order chi connectivity index (χ0) is 22.1. The Balaban J connectivity index is 1.27. The highest BCUT2D eigenvalue weighted by molar-refractivity contribution is 6.07. The predicted molar refractivity (Wildman–Crippen MR) is 123 cm³/mol. The van der Waals surface area contributed by atoms with Crippen LogP contribution >= 0.6 is 0 Å². The lowest BCUT2D eigenvalue weighted by molar-refractivity contribution is -0.133. The van der Waals surface area contributed by atoms with Crippen LogP contribution in [0.2, 0.25) is 0 Å². The quantitative estimate of drug-likeness (QED) is 0.733. The van der Waals surface area contributed by atoms with E-state index in [4.69, 9.17) is 4.74 Å². The lowest BCUT2D eigenvalue weighted by Crippen LogP contribution is -2.52. The number of carbonyl (C=O) groups excluding carboxylic acids is 2. The van der Waals surface area contributed by atoms with E-state index in [2.05, 4.69) is 27.2 Å². The molecule has 1 spiro atoms. The maximum absolute atomic E-state index is 13.5. The number of rotatable bonds is 5. The van der Waals surface area contributed by atoms with Crippen LogP contribution in [0.4, 0.5) is 10.5 Å². The fourth-order valence-electron chi connectivity index (χ4n) is 5.27. The number of amides is 3. The number of hydrogen-bond acceptors (Lipinski definition) is 5. The molecule has 2 heterocycles. The minimum Gasteiger partial charge on any atom is -0.492 e. The van der Waals surface area contributed by atoms with Gasteiger partial charge < -0.3 is 15.0 Å². The third-order valence-corrected chi connectivity index (χ3v) is 6.87. The van der Waals surface area contributed by atoms with E-state index < -0.39 is 5.54 Å². The topological polar surface area (TPSA) is 65.1 Å². The van der Waals surface area contributed by atoms with Crippen LogP contribution in [-0.2, 0) is 16.8 Å². The molecule has 5 rings (SSSR count). The number of anilines is 1. The van der Waals surface area contributed by atoms with Crippen LogP contribution in [0.1, 0.15) is 30.9 Å². The Bertz CT molecular complexity index is 1020. The summed E-state index contributed by atoms with van der Waals surface area (Å²) in [6, 6.07) is 15.8. The van der Waals surface area contributed by atoms with Gasteiger partial charge >= 0.3 is 6.03 Å². The van der Waals surface area contributed by atoms with Gasteiger partial charge in [0.2, 0.25) is 0 Å². The number of ether oxygens (including phenoxy) is 1. The maximum atomic E-state index is 13.5. The number of para-hydroxylation sites is 2. The maximum Gasteiger partial charge on any atom is 0.326 e. The first-order valence-corrected chi connectivity index (χ1v) is 11.5. The fraction of sp³-hybridized carbons (Fsp3) is 0.440. The summed E-state index contributed by atoms with van der Waals surface area (Å²) in [6.07, 6.45) is 2.51. The van der Waals surface area contributed by atoms with Crippen molar-refractivity contribution < 1.29 is 14.3 Å². The Labute approximate surface area is 188 Å². The molecule has 1 atom stereocenters. The van der Waals surface area contributed by atoms with Crippen LogP contribution in [0.15, 0.2) is 48.5 Å². The van der Waals surface area contributed by atoms with Crippen molar-refractivity contribution in [2.75, 3.05) is 44.4 Å². The first-order valence-electron chi connectivity index (χ1n) is 11.5. The second kappa shape index (κ2) is 8.47. The van der Waals surface area contributed by atoms with E-state index in [1.165, 1.54) is 4.90 Å². The Morgan fingerprint density at radius 3 is 2.56 bits per heavy atom. The van der Waals surface area contributed by atoms with E-state index in [0.717, 1.165) is 61.6 Å². The second-order valence-electron chi connectivity index (χ2n) is 8.73. The third-order valence-electron chi connectivity index (χ3n) is 6.87. The van der Waals surface area contributed by atoms with Crippen molar-refractivity contribution in [1.82, 2.24) is 15.1 Å². The SMILES string of the molecule is CCOc1ccccc1N1CCN(CN2C(=O)N[C@@]3(CCCc4ccccc43)C2=O)CC1. The van der Waals surface area contributed by atoms with Crippen molar-refractivity contribution in [3.63, 3.8) is 0 Å². The number of piperazine rings is 1. The van der Waals surface area contributed by atoms with E-state index in [0.29, 0.717) is 19.7 Å². The van der Waals surface area contributed by atoms with Crippen LogP contribution < -0.4 is 15.0 Å². The summed E-state index contributed by atoms with van der Waals surface area (Å²) in [6.45, 7) is 6.15. The van der Waals surface area contributed by atoms with Crippen LogP contribution in [0.3, 0.4) is 0 Å². The molecule has 2 fully saturated rings. The summed E-state index contributed by atoms with van der Waals surface area (Å²) < 4.78 is 5.78. The molecule has 7 heteroatoms. The number of urea groups is 1. The van der Waals surface area contributed by atoms with Gasteiger partial charge in [0.15, 0.2) is 0 Å². The summed E-state index contributed by atoms with van der Waals surface area (Å²) >= 11 is 0. The lowest BCUT2D eigenvalue weighted by atomic mass is 9.76. The van der Waals surface area contributed by atoms with Gasteiger partial charge in [-0.1, -0.05) is 36.4 Å². The summed E-state index contributed by atoms with van der Waals surface area (Å²) in [4.78, 5) is 32.3. The second-order valence-corrected chi connectivity index (χ2v) is 8.73. The molecule has 2 aromatic carbocycles. The van der Waals surface area contributed by atoms with E-state index in [1.54, 1.807) is 0 Å². The zero-order valence-corrected chi connectivity index (χ0v) is 18.5. The number of nitrogens with zero attached hydrogens (tertiary/aromatic N) is 3. The summed E-state index contributed by atoms with van der Waals surface area (Å²) in [5.41, 5.74) is 2.33. The molecule has 168 valence electrons. The van der Waals surface area contributed by atoms with Gasteiger partial charge in [-0.25, -0.2) is 9.69 Å². The van der Waals surface area contributed by atoms with Crippen molar-refractivity contribution in [1.29, 1.82) is 0 Å². The van der Waals surface area contributed by atoms with Crippen molar-refractivity contribution in [2.24, 2.45) is 0 Å². The van der Waals surface area contributed by atoms with Crippen molar-refractivity contribution >= 4 is 17.6 Å². The molecule has 0 aromatic heterocycles. The average Bonchev–Trinajstić information content (AvgIpc) is 3.05. The Kier molecular flexibility index (Phi) is 5.51. The van der Waals surface area contributed by atoms with Gasteiger partial charge in [-0.2, -0.15) is 0 Å². The average molecular weight is 435 g/mol. The molecule has 3 aliphatic rings. The van der Waals surface area contributed by atoms with Gasteiger partial charge in [0.25, 0.3) is 5.91 Å². The highest BCUT2D eigenvalue weighted by Gasteiger charge is 2.54. The Morgan fingerprint density at radius 2 is 1.75 bits per heavy atom. The molecule has 2 saturated heterocycles. The smallest absolute Gasteiger partial charge is 0.326 e. The van der Waals surface area contributed by atoms with E-state index in [1.807, 2.05) is 43.3 Å². The summed E-state index contributed by atoms with van der Waals surface area (Å²) in [5.74, 6) is 0.786. The van der Waals surface area contributed by atoms with Crippen molar-refractivity contribution in [2.45, 2.75) is 31.7 Å². The van der Waals surface area contributed by atoms with Gasteiger partial charge in [-0.15, -0.1) is 0 Å². The number of aryl methyl sites for hydroxylation is 1. The van der Waals surface area contributed by atoms with E-state index in [9.17, 15) is 9.59 Å². The highest BCUT2D eigenvalue weighted by atomic mass is 16.5. The van der Waals surface area contributed by atoms with Gasteiger partial charge in [0, 0.05) is 26.2 Å². The van der Waals surface area contributed by atoms with Crippen molar-refractivity contribution in [3.8, 4) is 5.75 Å². The molecular formula is C25H30N4O3. The fourth-order valence-corrected chi connectivity index (χ4v) is 5.27. The molecule has 1 N–H and O–H groups in total. The van der Waals surface area contributed by atoms with Gasteiger partial charge in [0.1, 0.15) is 11.3 Å². The predicted octanol–water partition coefficient (Wildman–Crippen LogP) is 2.95. The largest absolute Gasteiger partial charge is 0.492 e. The number of nitrogens with one attached hydrogen (secondary N) is 1. The number of benzene rings is 2. The normalized spacial score (nSPS) is 23.4. The first-order chi connectivity index (χ1) is 15.6. The van der Waals surface area contributed by atoms with Crippen LogP contribution in [-0.4, -0.2) is 61.2 Å². The van der Waals surface area contributed by atoms with E-state index in [-0.39, 0.29) is 11.9 Å². The molecule has 0 radical (unpaired) electrons. The number of carbonyl (C=O) groups is 2. The number of fused-ring (bicyclic) bond motifs is 2. The van der Waals surface area contributed by atoms with Crippen LogP contribution in [0.5, 0.6) is 5.75 Å². The third kappa shape index (κ3) is 3.50. The number of hydrogen-bond donors (Lipinski definition) is 1. The minimum absolute atomic E-state index is 0.112. The molecule has 0 bridgehead atoms. The Hall–Kier alpha value is -3.06. The molecule has 2 aliphatic heterocycles.